The third-order valence-electron chi connectivity index (χ3n) is 5.43. The molecule has 2 aromatic heterocycles. The maximum Gasteiger partial charge on any atom is 0.296 e. The monoisotopic (exact) mass is 376 g/mol. The van der Waals surface area contributed by atoms with E-state index in [-0.39, 0.29) is 5.89 Å². The molecule has 0 bridgehead atoms. The lowest BCUT2D eigenvalue weighted by atomic mass is 10.1. The fourth-order valence-electron chi connectivity index (χ4n) is 3.81. The summed E-state index contributed by atoms with van der Waals surface area (Å²) in [6.07, 6.45) is 2.65. The van der Waals surface area contributed by atoms with Gasteiger partial charge in [-0.1, -0.05) is 24.2 Å². The van der Waals surface area contributed by atoms with Crippen LogP contribution in [0, 0.1) is 17.4 Å². The highest BCUT2D eigenvalue weighted by Gasteiger charge is 2.43. The van der Waals surface area contributed by atoms with Crippen LogP contribution in [0.5, 0.6) is 0 Å². The summed E-state index contributed by atoms with van der Waals surface area (Å²) in [7, 11) is 0. The highest BCUT2D eigenvalue weighted by Crippen LogP contribution is 2.47. The molecule has 138 valence electrons. The number of rotatable bonds is 2. The predicted molar refractivity (Wildman–Crippen MR) is 94.4 cm³/mol. The molecule has 1 aliphatic carbocycles. The van der Waals surface area contributed by atoms with Crippen molar-refractivity contribution in [1.29, 1.82) is 5.26 Å². The van der Waals surface area contributed by atoms with Crippen LogP contribution in [0.25, 0.3) is 28.9 Å². The van der Waals surface area contributed by atoms with Crippen LogP contribution in [0.2, 0.25) is 0 Å². The third-order valence-corrected chi connectivity index (χ3v) is 5.43. The van der Waals surface area contributed by atoms with Gasteiger partial charge in [-0.3, -0.25) is 9.47 Å². The number of para-hydroxylation sites is 1. The van der Waals surface area contributed by atoms with Crippen LogP contribution in [0.3, 0.4) is 0 Å². The first kappa shape index (κ1) is 15.3. The third kappa shape index (κ3) is 1.87. The molecule has 10 heteroatoms. The molecule has 3 aliphatic rings. The highest BCUT2D eigenvalue weighted by molar-refractivity contribution is 5.90. The zero-order chi connectivity index (χ0) is 19.0. The largest absolute Gasteiger partial charge is 0.330 e. The lowest BCUT2D eigenvalue weighted by Gasteiger charge is -2.31. The number of nitriles is 1. The van der Waals surface area contributed by atoms with Crippen LogP contribution in [-0.2, 0) is 0 Å². The van der Waals surface area contributed by atoms with Gasteiger partial charge in [0.15, 0.2) is 17.8 Å². The Kier molecular flexibility index (Phi) is 2.83. The Hall–Kier alpha value is -3.74. The quantitative estimate of drug-likeness (QED) is 0.497. The van der Waals surface area contributed by atoms with Gasteiger partial charge in [-0.2, -0.15) is 14.6 Å². The summed E-state index contributed by atoms with van der Waals surface area (Å²) < 4.78 is 22.1. The van der Waals surface area contributed by atoms with Gasteiger partial charge in [-0.25, -0.2) is 4.90 Å². The van der Waals surface area contributed by atoms with Crippen LogP contribution < -0.4 is 4.90 Å². The van der Waals surface area contributed by atoms with E-state index in [9.17, 15) is 9.65 Å². The van der Waals surface area contributed by atoms with E-state index < -0.39 is 6.42 Å². The number of alkyl halides is 1. The minimum absolute atomic E-state index is 0.221. The number of anilines is 1. The molecule has 1 aromatic carbocycles. The van der Waals surface area contributed by atoms with Crippen LogP contribution in [-0.4, -0.2) is 36.2 Å². The molecule has 6 rings (SSSR count). The molecule has 28 heavy (non-hydrogen) atoms. The summed E-state index contributed by atoms with van der Waals surface area (Å²) in [4.78, 5) is 6.85. The van der Waals surface area contributed by atoms with Crippen LogP contribution in [0.1, 0.15) is 25.1 Å². The van der Waals surface area contributed by atoms with Crippen molar-refractivity contribution in [2.24, 2.45) is 5.92 Å². The Balaban J connectivity index is 1.55. The van der Waals surface area contributed by atoms with E-state index in [0.29, 0.717) is 46.4 Å². The maximum absolute atomic E-state index is 15.0. The first-order valence-corrected chi connectivity index (χ1v) is 8.89. The van der Waals surface area contributed by atoms with Gasteiger partial charge in [0.25, 0.3) is 12.3 Å². The van der Waals surface area contributed by atoms with E-state index >= 15 is 0 Å². The van der Waals surface area contributed by atoms with E-state index in [1.807, 2.05) is 24.4 Å². The minimum Gasteiger partial charge on any atom is -0.330 e. The van der Waals surface area contributed by atoms with Crippen LogP contribution >= 0.6 is 0 Å². The predicted octanol–water partition coefficient (Wildman–Crippen LogP) is 2.74. The number of halogens is 1. The van der Waals surface area contributed by atoms with Gasteiger partial charge in [-0.15, -0.1) is 10.2 Å². The normalized spacial score (nSPS) is 24.3. The lowest BCUT2D eigenvalue weighted by molar-refractivity contribution is 0.209. The Morgan fingerprint density at radius 1 is 1.25 bits per heavy atom. The van der Waals surface area contributed by atoms with Crippen molar-refractivity contribution in [1.82, 2.24) is 29.8 Å². The molecular formula is C18H13FN8O. The Morgan fingerprint density at radius 3 is 2.82 bits per heavy atom. The van der Waals surface area contributed by atoms with Crippen LogP contribution in [0.4, 0.5) is 10.1 Å². The second kappa shape index (κ2) is 5.16. The van der Waals surface area contributed by atoms with Gasteiger partial charge in [0.1, 0.15) is 5.82 Å². The van der Waals surface area contributed by atoms with Crippen molar-refractivity contribution in [3.8, 4) is 29.3 Å². The number of hydrogen-bond acceptors (Lipinski definition) is 8. The second-order valence-corrected chi connectivity index (χ2v) is 7.15. The Morgan fingerprint density at radius 2 is 2.04 bits per heavy atom. The zero-order valence-corrected chi connectivity index (χ0v) is 14.7. The second-order valence-electron chi connectivity index (χ2n) is 7.15. The van der Waals surface area contributed by atoms with Gasteiger partial charge in [0.05, 0.1) is 11.9 Å². The summed E-state index contributed by atoms with van der Waals surface area (Å²) in [5.41, 5.74) is 1.32. The fourth-order valence-corrected chi connectivity index (χ4v) is 3.81. The topological polar surface area (TPSA) is 99.9 Å². The molecule has 0 spiro atoms. The first-order chi connectivity index (χ1) is 13.7. The molecule has 1 fully saturated rings. The van der Waals surface area contributed by atoms with Crippen molar-refractivity contribution in [2.75, 3.05) is 4.90 Å². The minimum atomic E-state index is -1.66. The fraction of sp³-hybridized carbons (Fsp3) is 0.278. The zero-order valence-electron chi connectivity index (χ0n) is 14.7. The molecule has 2 aliphatic heterocycles. The van der Waals surface area contributed by atoms with Crippen molar-refractivity contribution < 1.29 is 8.91 Å². The molecule has 0 amide bonds. The molecule has 4 heterocycles. The maximum atomic E-state index is 15.0. The van der Waals surface area contributed by atoms with Gasteiger partial charge >= 0.3 is 0 Å². The summed E-state index contributed by atoms with van der Waals surface area (Å²) in [5, 5.41) is 21.9. The van der Waals surface area contributed by atoms with E-state index in [0.717, 1.165) is 11.3 Å². The molecule has 3 aromatic rings. The van der Waals surface area contributed by atoms with Crippen molar-refractivity contribution in [2.45, 2.75) is 25.7 Å². The van der Waals surface area contributed by atoms with Gasteiger partial charge < -0.3 is 4.52 Å². The summed E-state index contributed by atoms with van der Waals surface area (Å²) >= 11 is 0. The van der Waals surface area contributed by atoms with Crippen molar-refractivity contribution in [3.63, 3.8) is 0 Å². The number of fused-ring (bicyclic) bond motifs is 6. The standard InChI is InChI=1S/C18H13FN8O/c1-9-6-11(9)14-21-17(28-24-14)16-23-22-15-10-4-2-3-5-12(10)26-13(27(15)16)7-25(8-20)18(26)19/h2-5,7,9,11,18H,6H2,1H3. The molecule has 9 nitrogen and oxygen atoms in total. The number of benzene rings is 1. The van der Waals surface area contributed by atoms with Gasteiger partial charge in [-0.05, 0) is 24.5 Å². The number of hydrogen-bond donors (Lipinski definition) is 0. The smallest absolute Gasteiger partial charge is 0.296 e. The highest BCUT2D eigenvalue weighted by atomic mass is 19.1. The molecule has 0 radical (unpaired) electrons. The van der Waals surface area contributed by atoms with Gasteiger partial charge in [0, 0.05) is 11.5 Å². The van der Waals surface area contributed by atoms with E-state index in [1.165, 1.54) is 11.1 Å². The van der Waals surface area contributed by atoms with Crippen molar-refractivity contribution in [3.05, 3.63) is 36.3 Å². The molecule has 0 saturated heterocycles. The Bertz CT molecular complexity index is 1190. The lowest BCUT2D eigenvalue weighted by Crippen LogP contribution is -2.36. The average molecular weight is 376 g/mol. The van der Waals surface area contributed by atoms with E-state index in [1.54, 1.807) is 10.6 Å². The molecular weight excluding hydrogens is 363 g/mol. The SMILES string of the molecule is CC1CC1c1noc(-c2nnc3n2C2=CN(C#N)C(F)N2c2ccccc2-3)n1. The number of nitrogens with zero attached hydrogens (tertiary/aromatic N) is 8. The molecule has 3 atom stereocenters. The molecule has 1 saturated carbocycles. The number of aromatic nitrogens is 5. The van der Waals surface area contributed by atoms with Crippen molar-refractivity contribution >= 4 is 11.5 Å². The summed E-state index contributed by atoms with van der Waals surface area (Å²) in [6.45, 7) is 2.13. The molecule has 3 unspecified atom stereocenters. The summed E-state index contributed by atoms with van der Waals surface area (Å²) in [6, 6.07) is 7.28. The average Bonchev–Trinajstić information content (AvgIpc) is 3.11. The molecule has 0 N–H and O–H groups in total. The van der Waals surface area contributed by atoms with E-state index in [4.69, 9.17) is 4.52 Å². The van der Waals surface area contributed by atoms with Crippen LogP contribution in [0.15, 0.2) is 35.0 Å². The van der Waals surface area contributed by atoms with E-state index in [2.05, 4.69) is 27.3 Å². The Labute approximate surface area is 158 Å². The van der Waals surface area contributed by atoms with Gasteiger partial charge in [0.2, 0.25) is 5.82 Å². The first-order valence-electron chi connectivity index (χ1n) is 8.89. The summed E-state index contributed by atoms with van der Waals surface area (Å²) in [5.74, 6) is 2.97.